The standard InChI is InChI=1S/C20H25N3O3S2/c1-22(2)20(24)19(16-9-5-3-6-10-16)27-18-12-11-17(15-21-18)28(25,26)23-13-7-4-8-14-23/h3,5-6,9-12,15,19H,4,7-8,13-14H2,1-2H3/t19-/m0/s1. The maximum absolute atomic E-state index is 12.8. The average molecular weight is 420 g/mol. The Morgan fingerprint density at radius 3 is 2.32 bits per heavy atom. The number of hydrogen-bond acceptors (Lipinski definition) is 5. The Morgan fingerprint density at radius 2 is 1.75 bits per heavy atom. The van der Waals surface area contributed by atoms with Crippen molar-refractivity contribution in [1.29, 1.82) is 0 Å². The molecule has 28 heavy (non-hydrogen) atoms. The molecule has 1 aromatic carbocycles. The molecule has 1 aromatic heterocycles. The van der Waals surface area contributed by atoms with Crippen molar-refractivity contribution in [3.05, 3.63) is 54.2 Å². The molecule has 1 amide bonds. The number of carbonyl (C=O) groups is 1. The first-order chi connectivity index (χ1) is 13.4. The fourth-order valence-electron chi connectivity index (χ4n) is 3.09. The quantitative estimate of drug-likeness (QED) is 0.673. The number of sulfonamides is 1. The van der Waals surface area contributed by atoms with E-state index in [4.69, 9.17) is 0 Å². The van der Waals surface area contributed by atoms with Crippen molar-refractivity contribution in [2.45, 2.75) is 34.4 Å². The zero-order chi connectivity index (χ0) is 20.1. The van der Waals surface area contributed by atoms with Gasteiger partial charge in [0.15, 0.2) is 0 Å². The molecule has 2 heterocycles. The molecule has 6 nitrogen and oxygen atoms in total. The second kappa shape index (κ2) is 9.07. The van der Waals surface area contributed by atoms with Crippen molar-refractivity contribution in [2.75, 3.05) is 27.2 Å². The lowest BCUT2D eigenvalue weighted by molar-refractivity contribution is -0.128. The third-order valence-corrected chi connectivity index (χ3v) is 7.74. The summed E-state index contributed by atoms with van der Waals surface area (Å²) in [7, 11) is -0.0572. The molecule has 2 aromatic rings. The Labute approximate surface area is 171 Å². The fraction of sp³-hybridized carbons (Fsp3) is 0.400. The van der Waals surface area contributed by atoms with E-state index in [-0.39, 0.29) is 10.8 Å². The van der Waals surface area contributed by atoms with Gasteiger partial charge in [-0.1, -0.05) is 48.5 Å². The first kappa shape index (κ1) is 20.8. The van der Waals surface area contributed by atoms with Crippen LogP contribution in [0.25, 0.3) is 0 Å². The number of nitrogens with zero attached hydrogens (tertiary/aromatic N) is 3. The van der Waals surface area contributed by atoms with Crippen LogP contribution in [0.4, 0.5) is 0 Å². The van der Waals surface area contributed by atoms with Gasteiger partial charge < -0.3 is 4.90 Å². The number of likely N-dealkylation sites (N-methyl/N-ethyl adjacent to an activating group) is 1. The molecule has 0 spiro atoms. The summed E-state index contributed by atoms with van der Waals surface area (Å²) >= 11 is 1.32. The smallest absolute Gasteiger partial charge is 0.244 e. The summed E-state index contributed by atoms with van der Waals surface area (Å²) in [4.78, 5) is 18.7. The zero-order valence-corrected chi connectivity index (χ0v) is 17.7. The van der Waals surface area contributed by atoms with E-state index < -0.39 is 15.3 Å². The maximum Gasteiger partial charge on any atom is 0.244 e. The molecule has 1 atom stereocenters. The van der Waals surface area contributed by atoms with Gasteiger partial charge in [-0.3, -0.25) is 4.79 Å². The molecule has 8 heteroatoms. The summed E-state index contributed by atoms with van der Waals surface area (Å²) < 4.78 is 27.0. The number of aromatic nitrogens is 1. The van der Waals surface area contributed by atoms with Crippen molar-refractivity contribution in [1.82, 2.24) is 14.2 Å². The number of carbonyl (C=O) groups excluding carboxylic acids is 1. The minimum absolute atomic E-state index is 0.0389. The number of pyridine rings is 1. The predicted molar refractivity (Wildman–Crippen MR) is 111 cm³/mol. The summed E-state index contributed by atoms with van der Waals surface area (Å²) in [6.07, 6.45) is 4.26. The third-order valence-electron chi connectivity index (χ3n) is 4.67. The van der Waals surface area contributed by atoms with Crippen molar-refractivity contribution in [2.24, 2.45) is 0 Å². The number of piperidine rings is 1. The number of hydrogen-bond donors (Lipinski definition) is 0. The highest BCUT2D eigenvalue weighted by Crippen LogP contribution is 2.35. The van der Waals surface area contributed by atoms with Crippen LogP contribution in [0.15, 0.2) is 58.6 Å². The monoisotopic (exact) mass is 419 g/mol. The lowest BCUT2D eigenvalue weighted by Gasteiger charge is -2.25. The van der Waals surface area contributed by atoms with Crippen LogP contribution in [0.3, 0.4) is 0 Å². The summed E-state index contributed by atoms with van der Waals surface area (Å²) in [6.45, 7) is 1.12. The summed E-state index contributed by atoms with van der Waals surface area (Å²) in [5.74, 6) is -0.0389. The van der Waals surface area contributed by atoms with Gasteiger partial charge in [0.1, 0.15) is 10.1 Å². The molecule has 1 aliphatic rings. The van der Waals surface area contributed by atoms with Crippen LogP contribution in [0.2, 0.25) is 0 Å². The van der Waals surface area contributed by atoms with Crippen LogP contribution in [-0.2, 0) is 14.8 Å². The van der Waals surface area contributed by atoms with E-state index in [2.05, 4.69) is 4.98 Å². The van der Waals surface area contributed by atoms with Gasteiger partial charge in [0.25, 0.3) is 0 Å². The van der Waals surface area contributed by atoms with E-state index in [0.29, 0.717) is 18.1 Å². The second-order valence-corrected chi connectivity index (χ2v) is 10.0. The first-order valence-electron chi connectivity index (χ1n) is 9.28. The molecule has 0 unspecified atom stereocenters. The first-order valence-corrected chi connectivity index (χ1v) is 11.6. The summed E-state index contributed by atoms with van der Waals surface area (Å²) in [5.41, 5.74) is 0.887. The maximum atomic E-state index is 12.8. The minimum atomic E-state index is -3.50. The molecule has 150 valence electrons. The number of thioether (sulfide) groups is 1. The van der Waals surface area contributed by atoms with Crippen molar-refractivity contribution in [3.63, 3.8) is 0 Å². The topological polar surface area (TPSA) is 70.6 Å². The van der Waals surface area contributed by atoms with E-state index in [1.807, 2.05) is 30.3 Å². The molecule has 0 bridgehead atoms. The van der Waals surface area contributed by atoms with E-state index in [1.165, 1.54) is 22.3 Å². The van der Waals surface area contributed by atoms with Gasteiger partial charge in [-0.25, -0.2) is 13.4 Å². The molecule has 1 aliphatic heterocycles. The van der Waals surface area contributed by atoms with Gasteiger partial charge >= 0.3 is 0 Å². The van der Waals surface area contributed by atoms with E-state index in [0.717, 1.165) is 24.8 Å². The molecule has 0 aliphatic carbocycles. The minimum Gasteiger partial charge on any atom is -0.348 e. The Hall–Kier alpha value is -1.90. The zero-order valence-electron chi connectivity index (χ0n) is 16.1. The number of amides is 1. The van der Waals surface area contributed by atoms with Crippen molar-refractivity contribution >= 4 is 27.7 Å². The highest BCUT2D eigenvalue weighted by atomic mass is 32.2. The van der Waals surface area contributed by atoms with Crippen LogP contribution in [0.5, 0.6) is 0 Å². The van der Waals surface area contributed by atoms with Crippen molar-refractivity contribution in [3.8, 4) is 0 Å². The van der Waals surface area contributed by atoms with Crippen LogP contribution < -0.4 is 0 Å². The molecule has 0 saturated carbocycles. The van der Waals surface area contributed by atoms with Gasteiger partial charge in [0.05, 0.1) is 5.03 Å². The van der Waals surface area contributed by atoms with E-state index in [9.17, 15) is 13.2 Å². The molecular weight excluding hydrogens is 394 g/mol. The Morgan fingerprint density at radius 1 is 1.07 bits per heavy atom. The fourth-order valence-corrected chi connectivity index (χ4v) is 5.66. The molecule has 0 N–H and O–H groups in total. The Bertz CT molecular complexity index is 894. The Balaban J connectivity index is 1.80. The average Bonchev–Trinajstić information content (AvgIpc) is 2.73. The second-order valence-electron chi connectivity index (χ2n) is 6.94. The van der Waals surface area contributed by atoms with Gasteiger partial charge in [-0.2, -0.15) is 4.31 Å². The number of benzene rings is 1. The predicted octanol–water partition coefficient (Wildman–Crippen LogP) is 3.18. The molecule has 0 radical (unpaired) electrons. The van der Waals surface area contributed by atoms with E-state index in [1.54, 1.807) is 31.1 Å². The molecule has 1 saturated heterocycles. The van der Waals surface area contributed by atoms with Gasteiger partial charge in [0.2, 0.25) is 15.9 Å². The highest BCUT2D eigenvalue weighted by molar-refractivity contribution is 8.00. The van der Waals surface area contributed by atoms with Crippen LogP contribution in [0.1, 0.15) is 30.1 Å². The highest BCUT2D eigenvalue weighted by Gasteiger charge is 2.27. The van der Waals surface area contributed by atoms with Crippen LogP contribution >= 0.6 is 11.8 Å². The van der Waals surface area contributed by atoms with E-state index >= 15 is 0 Å². The lowest BCUT2D eigenvalue weighted by atomic mass is 10.1. The van der Waals surface area contributed by atoms with Crippen LogP contribution in [0, 0.1) is 0 Å². The van der Waals surface area contributed by atoms with Gasteiger partial charge in [0, 0.05) is 33.4 Å². The molecular formula is C20H25N3O3S2. The summed E-state index contributed by atoms with van der Waals surface area (Å²) in [6, 6.07) is 12.8. The summed E-state index contributed by atoms with van der Waals surface area (Å²) in [5, 5.41) is 0.176. The largest absolute Gasteiger partial charge is 0.348 e. The SMILES string of the molecule is CN(C)C(=O)[C@@H](Sc1ccc(S(=O)(=O)N2CCCCC2)cn1)c1ccccc1. The Kier molecular flexibility index (Phi) is 6.74. The normalized spacial score (nSPS) is 16.5. The third kappa shape index (κ3) is 4.74. The van der Waals surface area contributed by atoms with Gasteiger partial charge in [-0.05, 0) is 30.5 Å². The van der Waals surface area contributed by atoms with Gasteiger partial charge in [-0.15, -0.1) is 0 Å². The van der Waals surface area contributed by atoms with Crippen LogP contribution in [-0.4, -0.2) is 55.7 Å². The number of rotatable bonds is 6. The molecule has 1 fully saturated rings. The molecule has 3 rings (SSSR count). The van der Waals surface area contributed by atoms with Crippen molar-refractivity contribution < 1.29 is 13.2 Å². The lowest BCUT2D eigenvalue weighted by Crippen LogP contribution is -2.35.